The van der Waals surface area contributed by atoms with E-state index >= 15 is 0 Å². The van der Waals surface area contributed by atoms with Crippen molar-refractivity contribution in [1.29, 1.82) is 0 Å². The molecule has 6 nitrogen and oxygen atoms in total. The van der Waals surface area contributed by atoms with Gasteiger partial charge in [-0.05, 0) is 50.4 Å². The van der Waals surface area contributed by atoms with Gasteiger partial charge in [0, 0.05) is 25.2 Å². The number of allylic oxidation sites excluding steroid dienone is 2. The van der Waals surface area contributed by atoms with Crippen molar-refractivity contribution in [3.8, 4) is 5.88 Å². The third-order valence-corrected chi connectivity index (χ3v) is 5.34. The summed E-state index contributed by atoms with van der Waals surface area (Å²) in [4.78, 5) is 19.5. The van der Waals surface area contributed by atoms with Crippen LogP contribution in [-0.2, 0) is 0 Å². The van der Waals surface area contributed by atoms with E-state index in [9.17, 15) is 9.90 Å². The molecular formula is C20H29N3O3. The molecule has 26 heavy (non-hydrogen) atoms. The number of carbonyl (C=O) groups is 1. The summed E-state index contributed by atoms with van der Waals surface area (Å²) < 4.78 is 6.14. The lowest BCUT2D eigenvalue weighted by Gasteiger charge is -2.36. The van der Waals surface area contributed by atoms with Crippen molar-refractivity contribution in [2.24, 2.45) is 5.92 Å². The van der Waals surface area contributed by atoms with Crippen LogP contribution in [0.5, 0.6) is 5.88 Å². The second kappa shape index (κ2) is 8.18. The van der Waals surface area contributed by atoms with Gasteiger partial charge < -0.3 is 20.1 Å². The lowest BCUT2D eigenvalue weighted by Crippen LogP contribution is -2.49. The number of fused-ring (bicyclic) bond motifs is 1. The highest BCUT2D eigenvalue weighted by Crippen LogP contribution is 2.32. The molecule has 142 valence electrons. The molecule has 2 aliphatic rings. The van der Waals surface area contributed by atoms with Gasteiger partial charge in [0.15, 0.2) is 0 Å². The average molecular weight is 359 g/mol. The topological polar surface area (TPSA) is 74.7 Å². The lowest BCUT2D eigenvalue weighted by molar-refractivity contribution is 0.0404. The van der Waals surface area contributed by atoms with Crippen molar-refractivity contribution in [3.05, 3.63) is 29.5 Å². The third-order valence-electron chi connectivity index (χ3n) is 5.34. The fourth-order valence-electron chi connectivity index (χ4n) is 3.66. The number of ether oxygens (including phenoxy) is 1. The Morgan fingerprint density at radius 2 is 2.31 bits per heavy atom. The minimum absolute atomic E-state index is 0.0659. The number of rotatable bonds is 5. The van der Waals surface area contributed by atoms with Gasteiger partial charge in [0.05, 0.1) is 12.6 Å². The van der Waals surface area contributed by atoms with E-state index in [4.69, 9.17) is 4.74 Å². The summed E-state index contributed by atoms with van der Waals surface area (Å²) >= 11 is 0. The maximum absolute atomic E-state index is 13.2. The molecule has 0 radical (unpaired) electrons. The van der Waals surface area contributed by atoms with E-state index in [-0.39, 0.29) is 30.6 Å². The van der Waals surface area contributed by atoms with Crippen LogP contribution < -0.4 is 10.1 Å². The zero-order valence-electron chi connectivity index (χ0n) is 15.9. The van der Waals surface area contributed by atoms with Crippen LogP contribution in [0, 0.1) is 5.92 Å². The molecule has 0 spiro atoms. The minimum Gasteiger partial charge on any atom is -0.472 e. The molecule has 0 aromatic carbocycles. The van der Waals surface area contributed by atoms with E-state index in [1.165, 1.54) is 5.57 Å². The normalized spacial score (nSPS) is 24.4. The first-order valence-corrected chi connectivity index (χ1v) is 9.47. The summed E-state index contributed by atoms with van der Waals surface area (Å²) in [5.41, 5.74) is 2.73. The molecule has 1 aliphatic heterocycles. The summed E-state index contributed by atoms with van der Waals surface area (Å²) in [6, 6.07) is 1.66. The fraction of sp³-hybridized carbons (Fsp3) is 0.600. The summed E-state index contributed by atoms with van der Waals surface area (Å²) in [5, 5.41) is 12.8. The van der Waals surface area contributed by atoms with Crippen LogP contribution in [0.4, 0.5) is 0 Å². The molecule has 1 aromatic rings. The van der Waals surface area contributed by atoms with Crippen LogP contribution in [0.25, 0.3) is 5.57 Å². The molecular weight excluding hydrogens is 330 g/mol. The molecule has 3 atom stereocenters. The van der Waals surface area contributed by atoms with E-state index in [1.54, 1.807) is 4.90 Å². The summed E-state index contributed by atoms with van der Waals surface area (Å²) in [6.45, 7) is 5.08. The Morgan fingerprint density at radius 1 is 1.50 bits per heavy atom. The number of aliphatic hydroxyl groups excluding tert-OH is 1. The van der Waals surface area contributed by atoms with Crippen LogP contribution in [0.15, 0.2) is 18.3 Å². The van der Waals surface area contributed by atoms with E-state index in [0.29, 0.717) is 24.5 Å². The Labute approximate surface area is 155 Å². The summed E-state index contributed by atoms with van der Waals surface area (Å²) in [7, 11) is 1.89. The number of hydrogen-bond acceptors (Lipinski definition) is 5. The second-order valence-corrected chi connectivity index (χ2v) is 7.38. The molecule has 0 unspecified atom stereocenters. The van der Waals surface area contributed by atoms with Gasteiger partial charge in [0.1, 0.15) is 11.7 Å². The number of pyridine rings is 1. The first-order chi connectivity index (χ1) is 12.5. The zero-order chi connectivity index (χ0) is 18.7. The highest BCUT2D eigenvalue weighted by molar-refractivity contribution is 5.97. The zero-order valence-corrected chi connectivity index (χ0v) is 15.9. The molecule has 1 aliphatic carbocycles. The van der Waals surface area contributed by atoms with E-state index in [0.717, 1.165) is 24.8 Å². The number of aliphatic hydroxyl groups is 1. The molecule has 3 rings (SSSR count). The smallest absolute Gasteiger partial charge is 0.259 e. The lowest BCUT2D eigenvalue weighted by atomic mass is 9.99. The van der Waals surface area contributed by atoms with Gasteiger partial charge in [-0.15, -0.1) is 0 Å². The second-order valence-electron chi connectivity index (χ2n) is 7.38. The Hall–Kier alpha value is -1.92. The van der Waals surface area contributed by atoms with Gasteiger partial charge in [-0.25, -0.2) is 4.98 Å². The van der Waals surface area contributed by atoms with Crippen LogP contribution in [-0.4, -0.2) is 59.8 Å². The van der Waals surface area contributed by atoms with Crippen LogP contribution in [0.1, 0.15) is 49.0 Å². The van der Waals surface area contributed by atoms with Crippen LogP contribution in [0.2, 0.25) is 0 Å². The van der Waals surface area contributed by atoms with E-state index in [2.05, 4.69) is 23.3 Å². The first kappa shape index (κ1) is 18.9. The number of carbonyl (C=O) groups excluding carboxylic acids is 1. The van der Waals surface area contributed by atoms with Gasteiger partial charge in [-0.1, -0.05) is 13.0 Å². The minimum atomic E-state index is -0.250. The standard InChI is InChI=1S/C20H29N3O3/c1-13-11-23(14(2)12-24)20(25)17-8-16(15-6-4-5-7-15)9-22-19(17)26-18(13)10-21-3/h6,8-9,13-14,18,21,24H,4-5,7,10-12H2,1-3H3/t13-,14+,18-/m1/s1. The predicted octanol–water partition coefficient (Wildman–Crippen LogP) is 2.09. The number of nitrogens with one attached hydrogen (secondary N) is 1. The van der Waals surface area contributed by atoms with Gasteiger partial charge in [-0.3, -0.25) is 4.79 Å². The van der Waals surface area contributed by atoms with Crippen molar-refractivity contribution >= 4 is 11.5 Å². The Kier molecular flexibility index (Phi) is 5.94. The van der Waals surface area contributed by atoms with Crippen molar-refractivity contribution < 1.29 is 14.6 Å². The average Bonchev–Trinajstić information content (AvgIpc) is 3.18. The monoisotopic (exact) mass is 359 g/mol. The SMILES string of the molecule is CNC[C@H]1Oc2ncc(C3=CCCC3)cc2C(=O)N([C@@H](C)CO)C[C@H]1C. The van der Waals surface area contributed by atoms with E-state index < -0.39 is 0 Å². The molecule has 2 N–H and O–H groups in total. The van der Waals surface area contributed by atoms with Crippen LogP contribution >= 0.6 is 0 Å². The van der Waals surface area contributed by atoms with Crippen LogP contribution in [0.3, 0.4) is 0 Å². The third kappa shape index (κ3) is 3.76. The fourth-order valence-corrected chi connectivity index (χ4v) is 3.66. The molecule has 0 saturated carbocycles. The van der Waals surface area contributed by atoms with Gasteiger partial charge in [0.2, 0.25) is 5.88 Å². The number of likely N-dealkylation sites (N-methyl/N-ethyl adjacent to an activating group) is 1. The van der Waals surface area contributed by atoms with Crippen molar-refractivity contribution in [3.63, 3.8) is 0 Å². The maximum Gasteiger partial charge on any atom is 0.259 e. The first-order valence-electron chi connectivity index (χ1n) is 9.47. The van der Waals surface area contributed by atoms with Gasteiger partial charge in [0.25, 0.3) is 5.91 Å². The molecule has 6 heteroatoms. The summed E-state index contributed by atoms with van der Waals surface area (Å²) in [5.74, 6) is 0.385. The van der Waals surface area contributed by atoms with Gasteiger partial charge in [-0.2, -0.15) is 0 Å². The molecule has 1 amide bonds. The highest BCUT2D eigenvalue weighted by Gasteiger charge is 2.33. The predicted molar refractivity (Wildman–Crippen MR) is 101 cm³/mol. The summed E-state index contributed by atoms with van der Waals surface area (Å²) in [6.07, 6.45) is 7.18. The maximum atomic E-state index is 13.2. The molecule has 1 aromatic heterocycles. The Bertz CT molecular complexity index is 689. The number of hydrogen-bond donors (Lipinski definition) is 2. The van der Waals surface area contributed by atoms with E-state index in [1.807, 2.05) is 26.2 Å². The van der Waals surface area contributed by atoms with Crippen molar-refractivity contribution in [2.75, 3.05) is 26.7 Å². The Balaban J connectivity index is 2.03. The molecule has 2 heterocycles. The Morgan fingerprint density at radius 3 is 2.96 bits per heavy atom. The number of aromatic nitrogens is 1. The van der Waals surface area contributed by atoms with Gasteiger partial charge >= 0.3 is 0 Å². The highest BCUT2D eigenvalue weighted by atomic mass is 16.5. The number of nitrogens with zero attached hydrogens (tertiary/aromatic N) is 2. The van der Waals surface area contributed by atoms with Crippen molar-refractivity contribution in [1.82, 2.24) is 15.2 Å². The largest absolute Gasteiger partial charge is 0.472 e. The number of amides is 1. The molecule has 0 saturated heterocycles. The quantitative estimate of drug-likeness (QED) is 0.842. The van der Waals surface area contributed by atoms with Crippen molar-refractivity contribution in [2.45, 2.75) is 45.3 Å². The molecule has 0 bridgehead atoms. The molecule has 0 fully saturated rings.